The molecule has 1 atom stereocenters. The number of amides is 2. The van der Waals surface area contributed by atoms with E-state index in [1.807, 2.05) is 30.3 Å². The van der Waals surface area contributed by atoms with Crippen LogP contribution in [0.5, 0.6) is 5.75 Å². The van der Waals surface area contributed by atoms with Gasteiger partial charge in [-0.2, -0.15) is 0 Å². The number of methoxy groups -OCH3 is 1. The summed E-state index contributed by atoms with van der Waals surface area (Å²) in [5.41, 5.74) is 2.25. The van der Waals surface area contributed by atoms with Crippen LogP contribution < -0.4 is 15.4 Å². The number of hydrogen-bond acceptors (Lipinski definition) is 4. The van der Waals surface area contributed by atoms with Crippen molar-refractivity contribution in [2.24, 2.45) is 0 Å². The Hall–Kier alpha value is -2.99. The lowest BCUT2D eigenvalue weighted by Gasteiger charge is -2.29. The Morgan fingerprint density at radius 1 is 1.15 bits per heavy atom. The highest BCUT2D eigenvalue weighted by Crippen LogP contribution is 2.34. The minimum absolute atomic E-state index is 0.256. The predicted octanol–water partition coefficient (Wildman–Crippen LogP) is 3.72. The van der Waals surface area contributed by atoms with Crippen LogP contribution in [0.4, 0.5) is 4.79 Å². The number of nitrogens with one attached hydrogen (secondary N) is 2. The van der Waals surface area contributed by atoms with Crippen molar-refractivity contribution in [2.75, 3.05) is 7.11 Å². The van der Waals surface area contributed by atoms with Crippen molar-refractivity contribution in [3.63, 3.8) is 0 Å². The minimum Gasteiger partial charge on any atom is -0.488 e. The van der Waals surface area contributed by atoms with Gasteiger partial charge in [0.1, 0.15) is 12.4 Å². The molecule has 3 rings (SSSR count). The van der Waals surface area contributed by atoms with Crippen LogP contribution in [0.3, 0.4) is 0 Å². The number of para-hydroxylation sites is 1. The van der Waals surface area contributed by atoms with E-state index in [1.54, 1.807) is 25.1 Å². The SMILES string of the molecule is COC(=O)C1=C(C)NC(=O)NC1c1ccccc1OCc1ccccc1Cl. The van der Waals surface area contributed by atoms with Crippen LogP contribution in [0.25, 0.3) is 0 Å². The van der Waals surface area contributed by atoms with E-state index in [-0.39, 0.29) is 6.61 Å². The number of halogens is 1. The van der Waals surface area contributed by atoms with E-state index < -0.39 is 18.0 Å². The molecule has 0 bridgehead atoms. The average Bonchev–Trinajstić information content (AvgIpc) is 2.66. The molecule has 0 spiro atoms. The highest BCUT2D eigenvalue weighted by atomic mass is 35.5. The zero-order chi connectivity index (χ0) is 19.4. The fourth-order valence-corrected chi connectivity index (χ4v) is 3.12. The number of urea groups is 1. The topological polar surface area (TPSA) is 76.7 Å². The molecule has 1 unspecified atom stereocenters. The van der Waals surface area contributed by atoms with Gasteiger partial charge in [0.25, 0.3) is 0 Å². The molecule has 27 heavy (non-hydrogen) atoms. The van der Waals surface area contributed by atoms with Gasteiger partial charge in [0, 0.05) is 21.8 Å². The monoisotopic (exact) mass is 386 g/mol. The molecular formula is C20H19ClN2O4. The van der Waals surface area contributed by atoms with Gasteiger partial charge in [0.2, 0.25) is 0 Å². The Morgan fingerprint density at radius 3 is 2.59 bits per heavy atom. The molecule has 0 aromatic heterocycles. The summed E-state index contributed by atoms with van der Waals surface area (Å²) in [6.45, 7) is 1.91. The van der Waals surface area contributed by atoms with E-state index in [4.69, 9.17) is 21.1 Å². The number of ether oxygens (including phenoxy) is 2. The molecule has 1 aliphatic rings. The lowest BCUT2D eigenvalue weighted by molar-refractivity contribution is -0.136. The minimum atomic E-state index is -0.686. The summed E-state index contributed by atoms with van der Waals surface area (Å²) in [6, 6.07) is 13.5. The Kier molecular flexibility index (Phi) is 5.66. The number of carbonyl (C=O) groups excluding carboxylic acids is 2. The summed E-state index contributed by atoms with van der Waals surface area (Å²) in [5, 5.41) is 5.97. The van der Waals surface area contributed by atoms with Crippen LogP contribution in [0, 0.1) is 0 Å². The van der Waals surface area contributed by atoms with Crippen molar-refractivity contribution in [1.82, 2.24) is 10.6 Å². The molecule has 6 nitrogen and oxygen atoms in total. The maximum atomic E-state index is 12.3. The summed E-state index contributed by atoms with van der Waals surface area (Å²) in [7, 11) is 1.30. The number of allylic oxidation sites excluding steroid dienone is 1. The van der Waals surface area contributed by atoms with Gasteiger partial charge in [-0.05, 0) is 19.1 Å². The van der Waals surface area contributed by atoms with Crippen molar-refractivity contribution >= 4 is 23.6 Å². The van der Waals surface area contributed by atoms with E-state index in [2.05, 4.69) is 10.6 Å². The third-order valence-corrected chi connectivity index (χ3v) is 4.61. The van der Waals surface area contributed by atoms with Gasteiger partial charge in [-0.15, -0.1) is 0 Å². The smallest absolute Gasteiger partial charge is 0.337 e. The van der Waals surface area contributed by atoms with Crippen LogP contribution in [0.2, 0.25) is 5.02 Å². The first-order chi connectivity index (χ1) is 13.0. The number of carbonyl (C=O) groups is 2. The quantitative estimate of drug-likeness (QED) is 0.768. The van der Waals surface area contributed by atoms with Gasteiger partial charge >= 0.3 is 12.0 Å². The van der Waals surface area contributed by atoms with Crippen molar-refractivity contribution < 1.29 is 19.1 Å². The molecule has 1 aliphatic heterocycles. The van der Waals surface area contributed by atoms with Crippen molar-refractivity contribution in [3.05, 3.63) is 76.0 Å². The van der Waals surface area contributed by atoms with Crippen LogP contribution in [-0.4, -0.2) is 19.1 Å². The van der Waals surface area contributed by atoms with E-state index in [1.165, 1.54) is 7.11 Å². The standard InChI is InChI=1S/C20H19ClN2O4/c1-12-17(19(24)26-2)18(23-20(25)22-12)14-8-4-6-10-16(14)27-11-13-7-3-5-9-15(13)21/h3-10,18H,11H2,1-2H3,(H2,22,23,25). The molecule has 0 saturated heterocycles. The van der Waals surface area contributed by atoms with E-state index in [0.29, 0.717) is 27.6 Å². The third kappa shape index (κ3) is 4.06. The van der Waals surface area contributed by atoms with E-state index >= 15 is 0 Å². The molecule has 1 heterocycles. The van der Waals surface area contributed by atoms with Gasteiger partial charge in [-0.1, -0.05) is 48.0 Å². The molecule has 2 aromatic carbocycles. The Balaban J connectivity index is 1.94. The first-order valence-corrected chi connectivity index (χ1v) is 8.70. The van der Waals surface area contributed by atoms with E-state index in [9.17, 15) is 9.59 Å². The largest absolute Gasteiger partial charge is 0.488 e. The predicted molar refractivity (Wildman–Crippen MR) is 101 cm³/mol. The van der Waals surface area contributed by atoms with Crippen LogP contribution in [0.1, 0.15) is 24.1 Å². The van der Waals surface area contributed by atoms with Crippen molar-refractivity contribution in [2.45, 2.75) is 19.6 Å². The summed E-state index contributed by atoms with van der Waals surface area (Å²) in [6.07, 6.45) is 0. The normalized spacial score (nSPS) is 16.4. The summed E-state index contributed by atoms with van der Waals surface area (Å²) in [4.78, 5) is 24.3. The lowest BCUT2D eigenvalue weighted by Crippen LogP contribution is -2.45. The lowest BCUT2D eigenvalue weighted by atomic mass is 9.95. The van der Waals surface area contributed by atoms with Crippen molar-refractivity contribution in [3.8, 4) is 5.75 Å². The first kappa shape index (κ1) is 18.8. The molecule has 7 heteroatoms. The number of benzene rings is 2. The first-order valence-electron chi connectivity index (χ1n) is 8.33. The molecule has 0 radical (unpaired) electrons. The number of rotatable bonds is 5. The average molecular weight is 387 g/mol. The number of esters is 1. The highest BCUT2D eigenvalue weighted by Gasteiger charge is 2.33. The maximum Gasteiger partial charge on any atom is 0.337 e. The molecule has 0 saturated carbocycles. The zero-order valence-electron chi connectivity index (χ0n) is 14.9. The second-order valence-corrected chi connectivity index (χ2v) is 6.39. The van der Waals surface area contributed by atoms with Crippen molar-refractivity contribution in [1.29, 1.82) is 0 Å². The van der Waals surface area contributed by atoms with Crippen LogP contribution in [-0.2, 0) is 16.1 Å². The van der Waals surface area contributed by atoms with Gasteiger partial charge in [0.05, 0.1) is 18.7 Å². The van der Waals surface area contributed by atoms with Crippen LogP contribution in [0.15, 0.2) is 59.8 Å². The Bertz CT molecular complexity index is 910. The van der Waals surface area contributed by atoms with Crippen LogP contribution >= 0.6 is 11.6 Å². The van der Waals surface area contributed by atoms with Gasteiger partial charge in [-0.3, -0.25) is 0 Å². The summed E-state index contributed by atoms with van der Waals surface area (Å²) in [5.74, 6) is 0.0183. The summed E-state index contributed by atoms with van der Waals surface area (Å²) < 4.78 is 10.8. The molecule has 2 aromatic rings. The van der Waals surface area contributed by atoms with E-state index in [0.717, 1.165) is 5.56 Å². The maximum absolute atomic E-state index is 12.3. The Morgan fingerprint density at radius 2 is 1.85 bits per heavy atom. The molecule has 140 valence electrons. The molecule has 2 amide bonds. The van der Waals surface area contributed by atoms with Gasteiger partial charge in [0.15, 0.2) is 0 Å². The van der Waals surface area contributed by atoms with Gasteiger partial charge in [-0.25, -0.2) is 9.59 Å². The fraction of sp³-hybridized carbons (Fsp3) is 0.200. The second-order valence-electron chi connectivity index (χ2n) is 5.98. The molecular weight excluding hydrogens is 368 g/mol. The molecule has 2 N–H and O–H groups in total. The second kappa shape index (κ2) is 8.14. The summed E-state index contributed by atoms with van der Waals surface area (Å²) >= 11 is 6.19. The highest BCUT2D eigenvalue weighted by molar-refractivity contribution is 6.31. The van der Waals surface area contributed by atoms with Gasteiger partial charge < -0.3 is 20.1 Å². The fourth-order valence-electron chi connectivity index (χ4n) is 2.93. The zero-order valence-corrected chi connectivity index (χ0v) is 15.7. The molecule has 0 fully saturated rings. The number of hydrogen-bond donors (Lipinski definition) is 2. The third-order valence-electron chi connectivity index (χ3n) is 4.25. The molecule has 0 aliphatic carbocycles. The Labute approximate surface area is 162 Å².